The molecule has 156 valence electrons. The third kappa shape index (κ3) is 4.67. The van der Waals surface area contributed by atoms with Gasteiger partial charge in [0.2, 0.25) is 11.8 Å². The number of nitrogens with zero attached hydrogens (tertiary/aromatic N) is 2. The monoisotopic (exact) mass is 423 g/mol. The molecule has 2 aliphatic heterocycles. The molecular weight excluding hydrogens is 398 g/mol. The number of fused-ring (bicyclic) bond motifs is 1. The zero-order valence-electron chi connectivity index (χ0n) is 16.8. The maximum atomic E-state index is 12.9. The highest BCUT2D eigenvalue weighted by Gasteiger charge is 2.28. The Morgan fingerprint density at radius 2 is 1.77 bits per heavy atom. The summed E-state index contributed by atoms with van der Waals surface area (Å²) in [5, 5.41) is 2.87. The maximum Gasteiger partial charge on any atom is 0.253 e. The number of amides is 3. The number of nitrogens with one attached hydrogen (secondary N) is 1. The van der Waals surface area contributed by atoms with E-state index in [1.165, 1.54) is 16.7 Å². The van der Waals surface area contributed by atoms with Crippen LogP contribution in [0.2, 0.25) is 0 Å². The summed E-state index contributed by atoms with van der Waals surface area (Å²) in [4.78, 5) is 42.3. The third-order valence-electron chi connectivity index (χ3n) is 5.43. The van der Waals surface area contributed by atoms with Gasteiger partial charge in [0.25, 0.3) is 5.91 Å². The molecule has 30 heavy (non-hydrogen) atoms. The van der Waals surface area contributed by atoms with Crippen LogP contribution in [0.4, 0.5) is 5.69 Å². The number of likely N-dealkylation sites (tertiary alicyclic amines) is 1. The highest BCUT2D eigenvalue weighted by molar-refractivity contribution is 8.00. The second kappa shape index (κ2) is 9.34. The Hall–Kier alpha value is -2.80. The highest BCUT2D eigenvalue weighted by atomic mass is 32.2. The normalized spacial score (nSPS) is 16.2. The predicted octanol–water partition coefficient (Wildman–Crippen LogP) is 3.07. The van der Waals surface area contributed by atoms with Crippen LogP contribution in [0.25, 0.3) is 0 Å². The van der Waals surface area contributed by atoms with Crippen molar-refractivity contribution in [2.24, 2.45) is 0 Å². The van der Waals surface area contributed by atoms with Gasteiger partial charge in [-0.1, -0.05) is 30.3 Å². The van der Waals surface area contributed by atoms with Crippen LogP contribution in [0.3, 0.4) is 0 Å². The number of hydrogen-bond donors (Lipinski definition) is 1. The fraction of sp³-hybridized carbons (Fsp3) is 0.348. The summed E-state index contributed by atoms with van der Waals surface area (Å²) in [5.41, 5.74) is 2.22. The molecule has 2 aromatic rings. The molecule has 1 fully saturated rings. The molecule has 3 amide bonds. The molecule has 2 aliphatic rings. The van der Waals surface area contributed by atoms with Crippen LogP contribution in [0, 0.1) is 0 Å². The fourth-order valence-corrected chi connectivity index (χ4v) is 4.70. The average Bonchev–Trinajstić information content (AvgIpc) is 2.80. The molecule has 0 atom stereocenters. The minimum atomic E-state index is -0.224. The van der Waals surface area contributed by atoms with Gasteiger partial charge in [-0.2, -0.15) is 0 Å². The van der Waals surface area contributed by atoms with Crippen molar-refractivity contribution in [3.05, 3.63) is 59.7 Å². The van der Waals surface area contributed by atoms with Crippen LogP contribution >= 0.6 is 11.8 Å². The molecule has 0 radical (unpaired) electrons. The van der Waals surface area contributed by atoms with E-state index < -0.39 is 0 Å². The first kappa shape index (κ1) is 20.5. The lowest BCUT2D eigenvalue weighted by Gasteiger charge is -2.30. The number of piperidine rings is 1. The molecule has 4 rings (SSSR count). The molecule has 0 bridgehead atoms. The highest BCUT2D eigenvalue weighted by Crippen LogP contribution is 2.36. The first-order valence-electron chi connectivity index (χ1n) is 10.3. The quantitative estimate of drug-likeness (QED) is 0.803. The molecule has 0 saturated carbocycles. The van der Waals surface area contributed by atoms with Gasteiger partial charge in [-0.05, 0) is 43.0 Å². The van der Waals surface area contributed by atoms with Gasteiger partial charge in [0.05, 0.1) is 11.4 Å². The van der Waals surface area contributed by atoms with Crippen molar-refractivity contribution in [1.29, 1.82) is 0 Å². The van der Waals surface area contributed by atoms with Gasteiger partial charge < -0.3 is 15.1 Å². The van der Waals surface area contributed by atoms with Gasteiger partial charge in [-0.3, -0.25) is 14.4 Å². The Labute approximate surface area is 180 Å². The number of thioether (sulfide) groups is 1. The van der Waals surface area contributed by atoms with Crippen LogP contribution in [-0.2, 0) is 16.1 Å². The van der Waals surface area contributed by atoms with Gasteiger partial charge >= 0.3 is 0 Å². The Balaban J connectivity index is 1.48. The summed E-state index contributed by atoms with van der Waals surface area (Å²) in [6, 6.07) is 15.1. The van der Waals surface area contributed by atoms with E-state index in [4.69, 9.17) is 0 Å². The number of carbonyl (C=O) groups excluding carboxylic acids is 3. The van der Waals surface area contributed by atoms with Gasteiger partial charge in [0, 0.05) is 30.1 Å². The summed E-state index contributed by atoms with van der Waals surface area (Å²) >= 11 is 1.45. The van der Waals surface area contributed by atoms with Gasteiger partial charge in [-0.15, -0.1) is 11.8 Å². The Morgan fingerprint density at radius 3 is 2.53 bits per heavy atom. The van der Waals surface area contributed by atoms with E-state index in [-0.39, 0.29) is 24.3 Å². The first-order chi connectivity index (χ1) is 14.6. The Bertz CT molecular complexity index is 942. The number of rotatable bonds is 5. The molecule has 6 nitrogen and oxygen atoms in total. The molecule has 2 heterocycles. The van der Waals surface area contributed by atoms with Crippen molar-refractivity contribution in [2.45, 2.75) is 30.7 Å². The van der Waals surface area contributed by atoms with E-state index in [2.05, 4.69) is 5.32 Å². The second-order valence-corrected chi connectivity index (χ2v) is 8.58. The van der Waals surface area contributed by atoms with Gasteiger partial charge in [0.1, 0.15) is 6.54 Å². The van der Waals surface area contributed by atoms with E-state index >= 15 is 0 Å². The lowest BCUT2D eigenvalue weighted by Crippen LogP contribution is -2.43. The zero-order valence-corrected chi connectivity index (χ0v) is 17.6. The average molecular weight is 424 g/mol. The molecule has 1 N–H and O–H groups in total. The van der Waals surface area contributed by atoms with Crippen LogP contribution in [0.15, 0.2) is 53.4 Å². The number of benzene rings is 2. The van der Waals surface area contributed by atoms with E-state index in [0.717, 1.165) is 42.8 Å². The predicted molar refractivity (Wildman–Crippen MR) is 118 cm³/mol. The summed E-state index contributed by atoms with van der Waals surface area (Å²) in [7, 11) is 0. The topological polar surface area (TPSA) is 69.7 Å². The number of hydrogen-bond acceptors (Lipinski definition) is 4. The standard InChI is InChI=1S/C23H25N3O3S/c27-21(24-14-17-7-3-1-4-8-17)15-26-19-13-18(9-10-20(19)30-16-22(26)28)23(29)25-11-5-2-6-12-25/h1,3-4,7-10,13H,2,5-6,11-12,14-16H2,(H,24,27). The van der Waals surface area contributed by atoms with Crippen molar-refractivity contribution in [1.82, 2.24) is 10.2 Å². The van der Waals surface area contributed by atoms with Crippen LogP contribution in [0.1, 0.15) is 35.2 Å². The van der Waals surface area contributed by atoms with Crippen molar-refractivity contribution in [2.75, 3.05) is 30.3 Å². The minimum absolute atomic E-state index is 0.00555. The molecule has 0 spiro atoms. The summed E-state index contributed by atoms with van der Waals surface area (Å²) in [6.07, 6.45) is 3.21. The lowest BCUT2D eigenvalue weighted by atomic mass is 10.1. The fourth-order valence-electron chi connectivity index (χ4n) is 3.78. The van der Waals surface area contributed by atoms with E-state index in [0.29, 0.717) is 23.5 Å². The zero-order chi connectivity index (χ0) is 20.9. The summed E-state index contributed by atoms with van der Waals surface area (Å²) in [5.74, 6) is -0.0602. The molecule has 7 heteroatoms. The van der Waals surface area contributed by atoms with Crippen molar-refractivity contribution in [3.8, 4) is 0 Å². The van der Waals surface area contributed by atoms with Crippen molar-refractivity contribution < 1.29 is 14.4 Å². The van der Waals surface area contributed by atoms with E-state index in [1.807, 2.05) is 47.4 Å². The first-order valence-corrected chi connectivity index (χ1v) is 11.3. The smallest absolute Gasteiger partial charge is 0.253 e. The van der Waals surface area contributed by atoms with Gasteiger partial charge in [0.15, 0.2) is 0 Å². The SMILES string of the molecule is O=C(CN1C(=O)CSc2ccc(C(=O)N3CCCCC3)cc21)NCc1ccccc1. The molecular formula is C23H25N3O3S. The molecule has 0 aliphatic carbocycles. The molecule has 0 unspecified atom stereocenters. The van der Waals surface area contributed by atoms with Gasteiger partial charge in [-0.25, -0.2) is 0 Å². The Morgan fingerprint density at radius 1 is 1.00 bits per heavy atom. The maximum absolute atomic E-state index is 12.9. The third-order valence-corrected chi connectivity index (χ3v) is 6.47. The number of anilines is 1. The molecule has 1 saturated heterocycles. The molecule has 2 aromatic carbocycles. The Kier molecular flexibility index (Phi) is 6.38. The van der Waals surface area contributed by atoms with Crippen LogP contribution in [0.5, 0.6) is 0 Å². The lowest BCUT2D eigenvalue weighted by molar-refractivity contribution is -0.123. The minimum Gasteiger partial charge on any atom is -0.350 e. The molecule has 0 aromatic heterocycles. The summed E-state index contributed by atoms with van der Waals surface area (Å²) < 4.78 is 0. The second-order valence-electron chi connectivity index (χ2n) is 7.57. The van der Waals surface area contributed by atoms with E-state index in [9.17, 15) is 14.4 Å². The largest absolute Gasteiger partial charge is 0.350 e. The van der Waals surface area contributed by atoms with Crippen molar-refractivity contribution >= 4 is 35.2 Å². The van der Waals surface area contributed by atoms with E-state index in [1.54, 1.807) is 6.07 Å². The number of carbonyl (C=O) groups is 3. The van der Waals surface area contributed by atoms with Crippen LogP contribution < -0.4 is 10.2 Å². The van der Waals surface area contributed by atoms with Crippen LogP contribution in [-0.4, -0.2) is 48.0 Å². The van der Waals surface area contributed by atoms with Crippen molar-refractivity contribution in [3.63, 3.8) is 0 Å². The summed E-state index contributed by atoms with van der Waals surface area (Å²) in [6.45, 7) is 1.90.